The van der Waals surface area contributed by atoms with Crippen molar-refractivity contribution in [2.24, 2.45) is 17.4 Å². The number of aliphatic carboxylic acids is 2. The Labute approximate surface area is 202 Å². The van der Waals surface area contributed by atoms with Crippen molar-refractivity contribution in [3.63, 3.8) is 0 Å². The Kier molecular flexibility index (Phi) is 14.5. The lowest BCUT2D eigenvalue weighted by atomic mass is 10.0. The molecule has 0 saturated carbocycles. The van der Waals surface area contributed by atoms with Gasteiger partial charge in [-0.3, -0.25) is 24.0 Å². The molecule has 0 radical (unpaired) electrons. The number of carboxylic acid groups (broad SMARTS) is 2. The smallest absolute Gasteiger partial charge is 0.326 e. The lowest BCUT2D eigenvalue weighted by molar-refractivity contribution is -0.143. The first kappa shape index (κ1) is 31.1. The van der Waals surface area contributed by atoms with E-state index < -0.39 is 65.7 Å². The number of primary amides is 1. The standard InChI is InChI=1S/C20H35N5O8S/c1-10(2)16(25-17(29)11(21)4-7-15(27)28)19(31)23-12(8-9-34-3)18(30)24-13(20(32)33)5-6-14(22)26/h10-13,16H,4-9,21H2,1-3H3,(H2,22,26)(H,23,31)(H,24,30)(H,25,29)(H,27,28)(H,32,33). The number of hydrogen-bond donors (Lipinski definition) is 7. The van der Waals surface area contributed by atoms with Crippen LogP contribution in [0.3, 0.4) is 0 Å². The summed E-state index contributed by atoms with van der Waals surface area (Å²) in [5, 5.41) is 25.4. The molecule has 0 aliphatic heterocycles. The minimum absolute atomic E-state index is 0.117. The van der Waals surface area contributed by atoms with Crippen molar-refractivity contribution in [2.75, 3.05) is 12.0 Å². The lowest BCUT2D eigenvalue weighted by Gasteiger charge is -2.27. The highest BCUT2D eigenvalue weighted by Crippen LogP contribution is 2.08. The number of nitrogens with one attached hydrogen (secondary N) is 3. The van der Waals surface area contributed by atoms with Gasteiger partial charge in [-0.25, -0.2) is 4.79 Å². The van der Waals surface area contributed by atoms with Gasteiger partial charge in [-0.2, -0.15) is 11.8 Å². The van der Waals surface area contributed by atoms with Gasteiger partial charge >= 0.3 is 11.9 Å². The molecule has 0 aliphatic carbocycles. The largest absolute Gasteiger partial charge is 0.481 e. The Balaban J connectivity index is 5.36. The zero-order chi connectivity index (χ0) is 26.4. The lowest BCUT2D eigenvalue weighted by Crippen LogP contribution is -2.58. The number of hydrogen-bond acceptors (Lipinski definition) is 8. The molecule has 0 spiro atoms. The molecule has 0 aromatic carbocycles. The molecule has 0 bridgehead atoms. The number of carbonyl (C=O) groups is 6. The quantitative estimate of drug-likeness (QED) is 0.119. The van der Waals surface area contributed by atoms with Crippen LogP contribution in [0.1, 0.15) is 46.0 Å². The third kappa shape index (κ3) is 12.4. The van der Waals surface area contributed by atoms with Crippen molar-refractivity contribution in [2.45, 2.75) is 70.1 Å². The van der Waals surface area contributed by atoms with E-state index in [2.05, 4.69) is 16.0 Å². The molecule has 4 unspecified atom stereocenters. The maximum Gasteiger partial charge on any atom is 0.326 e. The normalized spacial score (nSPS) is 14.4. The number of thioether (sulfide) groups is 1. The van der Waals surface area contributed by atoms with Crippen molar-refractivity contribution < 1.29 is 39.0 Å². The second-order valence-electron chi connectivity index (χ2n) is 8.02. The molecular formula is C20H35N5O8S. The fourth-order valence-electron chi connectivity index (χ4n) is 2.79. The minimum atomic E-state index is -1.37. The zero-order valence-electron chi connectivity index (χ0n) is 19.5. The van der Waals surface area contributed by atoms with Crippen LogP contribution in [0.2, 0.25) is 0 Å². The molecular weight excluding hydrogens is 470 g/mol. The predicted molar refractivity (Wildman–Crippen MR) is 125 cm³/mol. The summed E-state index contributed by atoms with van der Waals surface area (Å²) in [6.07, 6.45) is 1.08. The van der Waals surface area contributed by atoms with E-state index in [1.807, 2.05) is 0 Å². The second-order valence-corrected chi connectivity index (χ2v) is 9.00. The van der Waals surface area contributed by atoms with Crippen molar-refractivity contribution in [1.82, 2.24) is 16.0 Å². The molecule has 0 fully saturated rings. The van der Waals surface area contributed by atoms with Crippen LogP contribution >= 0.6 is 11.8 Å². The molecule has 0 aliphatic rings. The van der Waals surface area contributed by atoms with Crippen LogP contribution < -0.4 is 27.4 Å². The van der Waals surface area contributed by atoms with E-state index in [-0.39, 0.29) is 32.1 Å². The number of amides is 4. The number of nitrogens with two attached hydrogens (primary N) is 2. The molecule has 0 rings (SSSR count). The van der Waals surface area contributed by atoms with Crippen LogP contribution in [0.5, 0.6) is 0 Å². The van der Waals surface area contributed by atoms with Gasteiger partial charge in [0.25, 0.3) is 0 Å². The number of rotatable bonds is 17. The molecule has 0 aromatic heterocycles. The molecule has 13 nitrogen and oxygen atoms in total. The summed E-state index contributed by atoms with van der Waals surface area (Å²) >= 11 is 1.41. The first-order valence-electron chi connectivity index (χ1n) is 10.7. The van der Waals surface area contributed by atoms with E-state index in [1.54, 1.807) is 20.1 Å². The molecule has 4 amide bonds. The summed E-state index contributed by atoms with van der Waals surface area (Å²) in [7, 11) is 0. The van der Waals surface area contributed by atoms with Crippen molar-refractivity contribution in [3.05, 3.63) is 0 Å². The Morgan fingerprint density at radius 2 is 1.41 bits per heavy atom. The average molecular weight is 506 g/mol. The van der Waals surface area contributed by atoms with Gasteiger partial charge in [0.05, 0.1) is 6.04 Å². The molecule has 14 heteroatoms. The van der Waals surface area contributed by atoms with Crippen LogP contribution in [-0.2, 0) is 28.8 Å². The Bertz CT molecular complexity index is 748. The third-order valence-electron chi connectivity index (χ3n) is 4.79. The van der Waals surface area contributed by atoms with Crippen molar-refractivity contribution in [3.8, 4) is 0 Å². The summed E-state index contributed by atoms with van der Waals surface area (Å²) in [6, 6.07) is -4.68. The van der Waals surface area contributed by atoms with Crippen molar-refractivity contribution >= 4 is 47.3 Å². The highest BCUT2D eigenvalue weighted by Gasteiger charge is 2.31. The molecule has 34 heavy (non-hydrogen) atoms. The maximum absolute atomic E-state index is 12.9. The summed E-state index contributed by atoms with van der Waals surface area (Å²) in [6.45, 7) is 3.32. The van der Waals surface area contributed by atoms with E-state index >= 15 is 0 Å². The fraction of sp³-hybridized carbons (Fsp3) is 0.700. The van der Waals surface area contributed by atoms with E-state index in [1.165, 1.54) is 11.8 Å². The van der Waals surface area contributed by atoms with Gasteiger partial charge in [0.2, 0.25) is 23.6 Å². The SMILES string of the molecule is CSCCC(NC(=O)C(NC(=O)C(N)CCC(=O)O)C(C)C)C(=O)NC(CCC(N)=O)C(=O)O. The zero-order valence-corrected chi connectivity index (χ0v) is 20.4. The van der Waals surface area contributed by atoms with E-state index in [0.29, 0.717) is 5.75 Å². The van der Waals surface area contributed by atoms with Crippen LogP contribution in [0.4, 0.5) is 0 Å². The molecule has 194 valence electrons. The average Bonchev–Trinajstić information content (AvgIpc) is 2.74. The van der Waals surface area contributed by atoms with E-state index in [9.17, 15) is 33.9 Å². The van der Waals surface area contributed by atoms with Crippen LogP contribution in [0.15, 0.2) is 0 Å². The third-order valence-corrected chi connectivity index (χ3v) is 5.43. The highest BCUT2D eigenvalue weighted by atomic mass is 32.2. The summed E-state index contributed by atoms with van der Waals surface area (Å²) in [4.78, 5) is 71.0. The summed E-state index contributed by atoms with van der Waals surface area (Å²) in [5.41, 5.74) is 10.7. The minimum Gasteiger partial charge on any atom is -0.481 e. The van der Waals surface area contributed by atoms with Gasteiger partial charge in [0.15, 0.2) is 0 Å². The van der Waals surface area contributed by atoms with Gasteiger partial charge in [-0.1, -0.05) is 13.8 Å². The van der Waals surface area contributed by atoms with Crippen molar-refractivity contribution in [1.29, 1.82) is 0 Å². The number of carbonyl (C=O) groups excluding carboxylic acids is 4. The number of carboxylic acids is 2. The Morgan fingerprint density at radius 3 is 1.88 bits per heavy atom. The van der Waals surface area contributed by atoms with Crippen LogP contribution in [0, 0.1) is 5.92 Å². The molecule has 4 atom stereocenters. The Morgan fingerprint density at radius 1 is 0.824 bits per heavy atom. The topological polar surface area (TPSA) is 231 Å². The molecule has 9 N–H and O–H groups in total. The molecule has 0 saturated heterocycles. The van der Waals surface area contributed by atoms with E-state index in [0.717, 1.165) is 0 Å². The van der Waals surface area contributed by atoms with E-state index in [4.69, 9.17) is 16.6 Å². The first-order valence-corrected chi connectivity index (χ1v) is 12.1. The molecule has 0 aromatic rings. The summed E-state index contributed by atoms with van der Waals surface area (Å²) in [5.74, 6) is -5.27. The first-order chi connectivity index (χ1) is 15.8. The predicted octanol–water partition coefficient (Wildman–Crippen LogP) is -1.61. The van der Waals surface area contributed by atoms with Crippen LogP contribution in [0.25, 0.3) is 0 Å². The fourth-order valence-corrected chi connectivity index (χ4v) is 3.26. The van der Waals surface area contributed by atoms with Gasteiger partial charge < -0.3 is 37.6 Å². The second kappa shape index (κ2) is 15.9. The van der Waals surface area contributed by atoms with Gasteiger partial charge in [0.1, 0.15) is 18.1 Å². The van der Waals surface area contributed by atoms with Gasteiger partial charge in [-0.05, 0) is 37.2 Å². The highest BCUT2D eigenvalue weighted by molar-refractivity contribution is 7.98. The Hall–Kier alpha value is -2.87. The maximum atomic E-state index is 12.9. The molecule has 0 heterocycles. The monoisotopic (exact) mass is 505 g/mol. The van der Waals surface area contributed by atoms with Crippen LogP contribution in [-0.4, -0.2) is 82.0 Å². The van der Waals surface area contributed by atoms with Gasteiger partial charge in [-0.15, -0.1) is 0 Å². The van der Waals surface area contributed by atoms with Gasteiger partial charge in [0, 0.05) is 12.8 Å². The summed E-state index contributed by atoms with van der Waals surface area (Å²) < 4.78 is 0.